The summed E-state index contributed by atoms with van der Waals surface area (Å²) < 4.78 is 5.02. The highest BCUT2D eigenvalue weighted by atomic mass is 16.5. The molecule has 0 aromatic heterocycles. The Morgan fingerprint density at radius 2 is 2.38 bits per heavy atom. The lowest BCUT2D eigenvalue weighted by atomic mass is 10.1. The molecule has 3 heteroatoms. The summed E-state index contributed by atoms with van der Waals surface area (Å²) in [6.45, 7) is 0. The largest absolute Gasteiger partial charge is 0.497 e. The monoisotopic (exact) mass is 174 g/mol. The third-order valence-corrected chi connectivity index (χ3v) is 1.62. The van der Waals surface area contributed by atoms with E-state index in [2.05, 4.69) is 0 Å². The molecule has 0 aliphatic carbocycles. The van der Waals surface area contributed by atoms with Crippen LogP contribution in [-0.4, -0.2) is 7.11 Å². The van der Waals surface area contributed by atoms with Crippen LogP contribution >= 0.6 is 0 Å². The van der Waals surface area contributed by atoms with Crippen LogP contribution in [-0.2, 0) is 0 Å². The Morgan fingerprint density at radius 3 is 3.00 bits per heavy atom. The number of benzene rings is 1. The van der Waals surface area contributed by atoms with Crippen molar-refractivity contribution >= 4 is 5.70 Å². The molecule has 66 valence electrons. The van der Waals surface area contributed by atoms with Gasteiger partial charge in [-0.15, -0.1) is 0 Å². The zero-order valence-electron chi connectivity index (χ0n) is 7.32. The van der Waals surface area contributed by atoms with Gasteiger partial charge in [-0.25, -0.2) is 0 Å². The molecule has 0 amide bonds. The Morgan fingerprint density at radius 1 is 1.62 bits per heavy atom. The molecule has 3 nitrogen and oxygen atoms in total. The molecule has 0 aliphatic rings. The van der Waals surface area contributed by atoms with E-state index >= 15 is 0 Å². The fourth-order valence-electron chi connectivity index (χ4n) is 0.956. The summed E-state index contributed by atoms with van der Waals surface area (Å²) in [7, 11) is 1.59. The number of methoxy groups -OCH3 is 1. The molecule has 0 heterocycles. The first-order chi connectivity index (χ1) is 6.27. The average molecular weight is 174 g/mol. The van der Waals surface area contributed by atoms with E-state index in [0.29, 0.717) is 5.70 Å². The quantitative estimate of drug-likeness (QED) is 0.691. The second-order valence-corrected chi connectivity index (χ2v) is 2.46. The molecular formula is C10H10N2O. The van der Waals surface area contributed by atoms with Gasteiger partial charge >= 0.3 is 0 Å². The molecule has 0 atom stereocenters. The van der Waals surface area contributed by atoms with Gasteiger partial charge in [0.15, 0.2) is 0 Å². The van der Waals surface area contributed by atoms with Crippen molar-refractivity contribution < 1.29 is 4.74 Å². The predicted molar refractivity (Wildman–Crippen MR) is 50.8 cm³/mol. The number of hydrogen-bond donors (Lipinski definition) is 1. The SMILES string of the molecule is COc1cccc(/C(N)=C/C#N)c1. The van der Waals surface area contributed by atoms with Gasteiger partial charge in [0.05, 0.1) is 13.2 Å². The first-order valence-corrected chi connectivity index (χ1v) is 3.77. The smallest absolute Gasteiger partial charge is 0.119 e. The van der Waals surface area contributed by atoms with E-state index in [-0.39, 0.29) is 0 Å². The number of rotatable bonds is 2. The molecule has 0 fully saturated rings. The highest BCUT2D eigenvalue weighted by Crippen LogP contribution is 2.16. The van der Waals surface area contributed by atoms with E-state index in [9.17, 15) is 0 Å². The summed E-state index contributed by atoms with van der Waals surface area (Å²) in [5, 5.41) is 8.39. The van der Waals surface area contributed by atoms with Crippen molar-refractivity contribution in [2.45, 2.75) is 0 Å². The maximum Gasteiger partial charge on any atom is 0.119 e. The molecule has 0 unspecified atom stereocenters. The van der Waals surface area contributed by atoms with Crippen LogP contribution in [0.3, 0.4) is 0 Å². The standard InChI is InChI=1S/C10H10N2O/c1-13-9-4-2-3-8(7-9)10(12)5-6-11/h2-5,7H,12H2,1H3/b10-5-. The summed E-state index contributed by atoms with van der Waals surface area (Å²) in [6.07, 6.45) is 1.30. The lowest BCUT2D eigenvalue weighted by molar-refractivity contribution is 0.414. The molecule has 2 N–H and O–H groups in total. The van der Waals surface area contributed by atoms with Gasteiger partial charge in [-0.3, -0.25) is 0 Å². The van der Waals surface area contributed by atoms with Crippen molar-refractivity contribution in [3.8, 4) is 11.8 Å². The van der Waals surface area contributed by atoms with Crippen LogP contribution < -0.4 is 10.5 Å². The summed E-state index contributed by atoms with van der Waals surface area (Å²) in [5.74, 6) is 0.729. The first kappa shape index (κ1) is 9.14. The normalized spacial score (nSPS) is 10.6. The van der Waals surface area contributed by atoms with E-state index in [1.807, 2.05) is 24.3 Å². The molecule has 0 spiro atoms. The lowest BCUT2D eigenvalue weighted by Gasteiger charge is -2.02. The highest BCUT2D eigenvalue weighted by Gasteiger charge is 1.97. The second kappa shape index (κ2) is 4.17. The topological polar surface area (TPSA) is 59.0 Å². The van der Waals surface area contributed by atoms with Gasteiger partial charge in [0.2, 0.25) is 0 Å². The third-order valence-electron chi connectivity index (χ3n) is 1.62. The Kier molecular flexibility index (Phi) is 2.93. The number of nitriles is 1. The van der Waals surface area contributed by atoms with Crippen molar-refractivity contribution in [1.29, 1.82) is 5.26 Å². The van der Waals surface area contributed by atoms with Crippen molar-refractivity contribution in [1.82, 2.24) is 0 Å². The van der Waals surface area contributed by atoms with Crippen molar-refractivity contribution in [3.63, 3.8) is 0 Å². The number of nitrogens with two attached hydrogens (primary N) is 1. The van der Waals surface area contributed by atoms with Gasteiger partial charge in [0, 0.05) is 17.3 Å². The van der Waals surface area contributed by atoms with Gasteiger partial charge in [0.1, 0.15) is 5.75 Å². The van der Waals surface area contributed by atoms with E-state index in [1.165, 1.54) is 6.08 Å². The van der Waals surface area contributed by atoms with Crippen LogP contribution in [0.25, 0.3) is 5.70 Å². The van der Waals surface area contributed by atoms with Gasteiger partial charge in [0.25, 0.3) is 0 Å². The van der Waals surface area contributed by atoms with Crippen LogP contribution in [0.15, 0.2) is 30.3 Å². The summed E-state index contributed by atoms with van der Waals surface area (Å²) >= 11 is 0. The fourth-order valence-corrected chi connectivity index (χ4v) is 0.956. The Hall–Kier alpha value is -1.95. The van der Waals surface area contributed by atoms with E-state index in [0.717, 1.165) is 11.3 Å². The molecule has 13 heavy (non-hydrogen) atoms. The van der Waals surface area contributed by atoms with Gasteiger partial charge in [-0.2, -0.15) is 5.26 Å². The van der Waals surface area contributed by atoms with Crippen molar-refractivity contribution in [2.24, 2.45) is 5.73 Å². The summed E-state index contributed by atoms with van der Waals surface area (Å²) in [5.41, 5.74) is 6.85. The van der Waals surface area contributed by atoms with E-state index in [4.69, 9.17) is 15.7 Å². The number of ether oxygens (including phenoxy) is 1. The predicted octanol–water partition coefficient (Wildman–Crippen LogP) is 1.52. The summed E-state index contributed by atoms with van der Waals surface area (Å²) in [6, 6.07) is 9.13. The Balaban J connectivity index is 3.03. The van der Waals surface area contributed by atoms with Crippen LogP contribution in [0.4, 0.5) is 0 Å². The minimum atomic E-state index is 0.446. The minimum absolute atomic E-state index is 0.446. The summed E-state index contributed by atoms with van der Waals surface area (Å²) in [4.78, 5) is 0. The third kappa shape index (κ3) is 2.24. The zero-order valence-corrected chi connectivity index (χ0v) is 7.32. The minimum Gasteiger partial charge on any atom is -0.497 e. The van der Waals surface area contributed by atoms with Crippen molar-refractivity contribution in [2.75, 3.05) is 7.11 Å². The molecule has 0 saturated carbocycles. The van der Waals surface area contributed by atoms with Crippen LogP contribution in [0.5, 0.6) is 5.75 Å². The van der Waals surface area contributed by atoms with Crippen molar-refractivity contribution in [3.05, 3.63) is 35.9 Å². The maximum absolute atomic E-state index is 8.39. The maximum atomic E-state index is 8.39. The number of nitrogens with zero attached hydrogens (tertiary/aromatic N) is 1. The molecule has 0 aliphatic heterocycles. The molecule has 0 bridgehead atoms. The van der Waals surface area contributed by atoms with Gasteiger partial charge < -0.3 is 10.5 Å². The second-order valence-electron chi connectivity index (χ2n) is 2.46. The Bertz CT molecular complexity index is 363. The van der Waals surface area contributed by atoms with Gasteiger partial charge in [-0.05, 0) is 12.1 Å². The average Bonchev–Trinajstić information content (AvgIpc) is 2.18. The van der Waals surface area contributed by atoms with Crippen LogP contribution in [0.1, 0.15) is 5.56 Å². The molecule has 0 saturated heterocycles. The molecule has 1 aromatic carbocycles. The molecule has 1 rings (SSSR count). The number of hydrogen-bond acceptors (Lipinski definition) is 3. The van der Waals surface area contributed by atoms with Gasteiger partial charge in [-0.1, -0.05) is 12.1 Å². The highest BCUT2D eigenvalue weighted by molar-refractivity contribution is 5.65. The Labute approximate surface area is 77.0 Å². The van der Waals surface area contributed by atoms with E-state index in [1.54, 1.807) is 13.2 Å². The molecule has 0 radical (unpaired) electrons. The molecular weight excluding hydrogens is 164 g/mol. The fraction of sp³-hybridized carbons (Fsp3) is 0.100. The zero-order chi connectivity index (χ0) is 9.68. The first-order valence-electron chi connectivity index (χ1n) is 3.77. The van der Waals surface area contributed by atoms with E-state index < -0.39 is 0 Å². The number of allylic oxidation sites excluding steroid dienone is 1. The van der Waals surface area contributed by atoms with Crippen LogP contribution in [0.2, 0.25) is 0 Å². The lowest BCUT2D eigenvalue weighted by Crippen LogP contribution is -1.96. The molecule has 1 aromatic rings. The van der Waals surface area contributed by atoms with Crippen LogP contribution in [0, 0.1) is 11.3 Å².